The topological polar surface area (TPSA) is 85.3 Å². The summed E-state index contributed by atoms with van der Waals surface area (Å²) in [5.41, 5.74) is 3.90. The number of amidine groups is 1. The second-order valence-electron chi connectivity index (χ2n) is 8.61. The van der Waals surface area contributed by atoms with Crippen molar-refractivity contribution in [2.45, 2.75) is 52.4 Å². The molecular weight excluding hydrogens is 407 g/mol. The molecule has 0 saturated heterocycles. The number of aliphatic hydroxyl groups is 2. The van der Waals surface area contributed by atoms with Crippen molar-refractivity contribution in [1.82, 2.24) is 5.01 Å². The van der Waals surface area contributed by atoms with Crippen molar-refractivity contribution >= 4 is 23.3 Å². The highest BCUT2D eigenvalue weighted by molar-refractivity contribution is 6.01. The van der Waals surface area contributed by atoms with E-state index in [1.807, 2.05) is 18.3 Å². The third-order valence-corrected chi connectivity index (χ3v) is 5.28. The van der Waals surface area contributed by atoms with Crippen molar-refractivity contribution in [3.05, 3.63) is 65.6 Å². The maximum Gasteiger partial charge on any atom is 0.151 e. The third-order valence-electron chi connectivity index (χ3n) is 5.28. The molecule has 4 N–H and O–H groups in total. The minimum atomic E-state index is -1.29. The first-order valence-electron chi connectivity index (χ1n) is 11.1. The fraction of sp³-hybridized carbons (Fsp3) is 0.400. The summed E-state index contributed by atoms with van der Waals surface area (Å²) in [6, 6.07) is 12.6. The molecule has 0 amide bonds. The van der Waals surface area contributed by atoms with E-state index >= 15 is 0 Å². The molecular formula is C25H33FN4O2. The number of nitrogens with zero attached hydrogens (tertiary/aromatic N) is 3. The van der Waals surface area contributed by atoms with Gasteiger partial charge >= 0.3 is 0 Å². The summed E-state index contributed by atoms with van der Waals surface area (Å²) in [6.07, 6.45) is 5.05. The van der Waals surface area contributed by atoms with Crippen molar-refractivity contribution in [1.29, 1.82) is 0 Å². The lowest BCUT2D eigenvalue weighted by Gasteiger charge is -2.31. The molecule has 0 fully saturated rings. The molecule has 2 aromatic rings. The van der Waals surface area contributed by atoms with Gasteiger partial charge in [0.25, 0.3) is 0 Å². The maximum atomic E-state index is 13.4. The van der Waals surface area contributed by atoms with Crippen LogP contribution in [-0.4, -0.2) is 33.9 Å². The van der Waals surface area contributed by atoms with Crippen LogP contribution in [0.15, 0.2) is 53.7 Å². The lowest BCUT2D eigenvalue weighted by atomic mass is 10.0. The van der Waals surface area contributed by atoms with Gasteiger partial charge in [0.05, 0.1) is 12.2 Å². The Morgan fingerprint density at radius 3 is 2.59 bits per heavy atom. The number of anilines is 1. The number of aliphatic imine (C=N–C) groups is 1. The molecule has 1 aliphatic heterocycles. The second-order valence-corrected chi connectivity index (χ2v) is 8.61. The number of rotatable bonds is 10. The summed E-state index contributed by atoms with van der Waals surface area (Å²) in [6.45, 7) is 5.66. The highest BCUT2D eigenvalue weighted by atomic mass is 19.1. The first-order chi connectivity index (χ1) is 15.3. The number of unbranched alkanes of at least 4 members (excludes halogenated alkanes) is 1. The van der Waals surface area contributed by atoms with E-state index in [0.717, 1.165) is 41.3 Å². The van der Waals surface area contributed by atoms with Crippen molar-refractivity contribution < 1.29 is 14.6 Å². The van der Waals surface area contributed by atoms with E-state index in [1.165, 1.54) is 12.1 Å². The standard InChI is InChI=1S/C25H33FN4O2/c1-18(2)16-29(27)14-13-19-7-8-20-17-30(22-11-9-21(26)10-12-22)24(28-23(20)15-19)5-3-4-6-25(31)32/h7-15,18,25,31-32H,3-6,16-17,27H2,1-2H3/b14-13+. The Morgan fingerprint density at radius 2 is 1.91 bits per heavy atom. The largest absolute Gasteiger partial charge is 0.368 e. The average Bonchev–Trinajstić information content (AvgIpc) is 2.74. The highest BCUT2D eigenvalue weighted by Gasteiger charge is 2.21. The monoisotopic (exact) mass is 440 g/mol. The van der Waals surface area contributed by atoms with Crippen molar-refractivity contribution in [2.24, 2.45) is 16.8 Å². The summed E-state index contributed by atoms with van der Waals surface area (Å²) < 4.78 is 13.4. The zero-order valence-electron chi connectivity index (χ0n) is 18.8. The first kappa shape index (κ1) is 23.9. The molecule has 172 valence electrons. The molecule has 0 spiro atoms. The van der Waals surface area contributed by atoms with Gasteiger partial charge in [-0.25, -0.2) is 15.2 Å². The Morgan fingerprint density at radius 1 is 1.16 bits per heavy atom. The number of hydrazine groups is 1. The van der Waals surface area contributed by atoms with Crippen LogP contribution in [-0.2, 0) is 6.54 Å². The Hall–Kier alpha value is -2.74. The van der Waals surface area contributed by atoms with Crippen LogP contribution in [0.2, 0.25) is 0 Å². The van der Waals surface area contributed by atoms with Crippen molar-refractivity contribution in [3.8, 4) is 0 Å². The number of aliphatic hydroxyl groups excluding tert-OH is 1. The second kappa shape index (κ2) is 11.2. The molecule has 2 aromatic carbocycles. The van der Waals surface area contributed by atoms with Gasteiger partial charge in [0.15, 0.2) is 6.29 Å². The Bertz CT molecular complexity index is 941. The van der Waals surface area contributed by atoms with E-state index < -0.39 is 6.29 Å². The van der Waals surface area contributed by atoms with Crippen LogP contribution in [0.1, 0.15) is 50.7 Å². The fourth-order valence-corrected chi connectivity index (χ4v) is 3.71. The number of nitrogens with two attached hydrogens (primary N) is 1. The summed E-state index contributed by atoms with van der Waals surface area (Å²) >= 11 is 0. The van der Waals surface area contributed by atoms with Crippen molar-refractivity contribution in [2.75, 3.05) is 11.4 Å². The van der Waals surface area contributed by atoms with Gasteiger partial charge in [0.1, 0.15) is 11.7 Å². The van der Waals surface area contributed by atoms with E-state index in [9.17, 15) is 4.39 Å². The zero-order valence-corrected chi connectivity index (χ0v) is 18.8. The molecule has 32 heavy (non-hydrogen) atoms. The van der Waals surface area contributed by atoms with E-state index in [0.29, 0.717) is 31.7 Å². The molecule has 0 radical (unpaired) electrons. The average molecular weight is 441 g/mol. The molecule has 0 saturated carbocycles. The van der Waals surface area contributed by atoms with Crippen LogP contribution in [0.4, 0.5) is 15.8 Å². The van der Waals surface area contributed by atoms with Crippen LogP contribution >= 0.6 is 0 Å². The highest BCUT2D eigenvalue weighted by Crippen LogP contribution is 2.32. The van der Waals surface area contributed by atoms with Gasteiger partial charge < -0.3 is 20.1 Å². The SMILES string of the molecule is CC(C)CN(N)/C=C/c1ccc2c(c1)N=C(CCCCC(O)O)N(c1ccc(F)cc1)C2. The molecule has 0 aliphatic carbocycles. The Balaban J connectivity index is 1.82. The minimum absolute atomic E-state index is 0.274. The normalized spacial score (nSPS) is 13.8. The van der Waals surface area contributed by atoms with Crippen molar-refractivity contribution in [3.63, 3.8) is 0 Å². The van der Waals surface area contributed by atoms with Gasteiger partial charge in [0, 0.05) is 24.9 Å². The Kier molecular flexibility index (Phi) is 8.39. The van der Waals surface area contributed by atoms with Crippen LogP contribution in [0.5, 0.6) is 0 Å². The van der Waals surface area contributed by atoms with Gasteiger partial charge in [-0.3, -0.25) is 0 Å². The molecule has 3 rings (SSSR count). The summed E-state index contributed by atoms with van der Waals surface area (Å²) in [7, 11) is 0. The Labute approximate surface area is 189 Å². The van der Waals surface area contributed by atoms with Crippen LogP contribution in [0.25, 0.3) is 6.08 Å². The molecule has 0 unspecified atom stereocenters. The smallest absolute Gasteiger partial charge is 0.151 e. The van der Waals surface area contributed by atoms with Gasteiger partial charge in [-0.05, 0) is 72.7 Å². The molecule has 6 nitrogen and oxygen atoms in total. The number of halogens is 1. The first-order valence-corrected chi connectivity index (χ1v) is 11.1. The molecule has 1 heterocycles. The van der Waals surface area contributed by atoms with Crippen LogP contribution in [0.3, 0.4) is 0 Å². The molecule has 0 bridgehead atoms. The molecule has 0 atom stereocenters. The van der Waals surface area contributed by atoms with Gasteiger partial charge in [-0.15, -0.1) is 0 Å². The third kappa shape index (κ3) is 6.88. The minimum Gasteiger partial charge on any atom is -0.368 e. The van der Waals surface area contributed by atoms with Crippen LogP contribution in [0, 0.1) is 11.7 Å². The van der Waals surface area contributed by atoms with Gasteiger partial charge in [0.2, 0.25) is 0 Å². The number of hydrogen-bond donors (Lipinski definition) is 3. The number of fused-ring (bicyclic) bond motifs is 1. The zero-order chi connectivity index (χ0) is 23.1. The summed E-state index contributed by atoms with van der Waals surface area (Å²) in [5, 5.41) is 19.9. The molecule has 0 aromatic heterocycles. The van der Waals surface area contributed by atoms with Crippen LogP contribution < -0.4 is 10.7 Å². The van der Waals surface area contributed by atoms with E-state index in [2.05, 4.69) is 30.9 Å². The molecule has 1 aliphatic rings. The number of hydrogen-bond acceptors (Lipinski definition) is 6. The van der Waals surface area contributed by atoms with E-state index in [1.54, 1.807) is 17.1 Å². The lowest BCUT2D eigenvalue weighted by molar-refractivity contribution is -0.0464. The molecule has 7 heteroatoms. The summed E-state index contributed by atoms with van der Waals surface area (Å²) in [4.78, 5) is 7.02. The summed E-state index contributed by atoms with van der Waals surface area (Å²) in [5.74, 6) is 7.10. The van der Waals surface area contributed by atoms with Gasteiger partial charge in [-0.1, -0.05) is 26.0 Å². The number of benzene rings is 2. The quantitative estimate of drug-likeness (QED) is 0.218. The fourth-order valence-electron chi connectivity index (χ4n) is 3.71. The lowest BCUT2D eigenvalue weighted by Crippen LogP contribution is -2.32. The van der Waals surface area contributed by atoms with Gasteiger partial charge in [-0.2, -0.15) is 0 Å². The van der Waals surface area contributed by atoms with E-state index in [4.69, 9.17) is 21.0 Å². The van der Waals surface area contributed by atoms with E-state index in [-0.39, 0.29) is 5.82 Å². The predicted molar refractivity (Wildman–Crippen MR) is 128 cm³/mol. The maximum absolute atomic E-state index is 13.4. The predicted octanol–water partition coefficient (Wildman–Crippen LogP) is 4.55.